The van der Waals surface area contributed by atoms with Crippen LogP contribution in [-0.4, -0.2) is 29.3 Å². The Bertz CT molecular complexity index is 764. The Morgan fingerprint density at radius 2 is 2.04 bits per heavy atom. The van der Waals surface area contributed by atoms with E-state index >= 15 is 0 Å². The summed E-state index contributed by atoms with van der Waals surface area (Å²) in [5.74, 6) is 0.837. The van der Waals surface area contributed by atoms with Crippen LogP contribution in [0.5, 0.6) is 5.75 Å². The molecule has 138 valence electrons. The van der Waals surface area contributed by atoms with Gasteiger partial charge in [0.1, 0.15) is 11.9 Å². The molecule has 0 aliphatic carbocycles. The maximum absolute atomic E-state index is 12.5. The van der Waals surface area contributed by atoms with Crippen molar-refractivity contribution in [2.75, 3.05) is 6.54 Å². The van der Waals surface area contributed by atoms with Crippen molar-refractivity contribution >= 4 is 5.91 Å². The molecule has 1 amide bonds. The number of aliphatic hydroxyl groups is 1. The first-order valence-corrected chi connectivity index (χ1v) is 9.25. The lowest BCUT2D eigenvalue weighted by atomic mass is 9.98. The van der Waals surface area contributed by atoms with Crippen LogP contribution in [0.15, 0.2) is 48.5 Å². The number of hydrogen-bond acceptors (Lipinski definition) is 3. The molecule has 2 aromatic rings. The summed E-state index contributed by atoms with van der Waals surface area (Å²) in [6.45, 7) is 4.10. The van der Waals surface area contributed by atoms with Crippen molar-refractivity contribution in [2.45, 2.75) is 51.2 Å². The number of nitrogens with one attached hydrogen (secondary N) is 1. The van der Waals surface area contributed by atoms with Gasteiger partial charge in [-0.1, -0.05) is 30.3 Å². The van der Waals surface area contributed by atoms with Crippen molar-refractivity contribution in [3.63, 3.8) is 0 Å². The van der Waals surface area contributed by atoms with Crippen LogP contribution in [0.2, 0.25) is 0 Å². The van der Waals surface area contributed by atoms with E-state index in [0.29, 0.717) is 18.5 Å². The van der Waals surface area contributed by atoms with Crippen molar-refractivity contribution in [2.24, 2.45) is 0 Å². The Balaban J connectivity index is 1.54. The molecule has 1 aliphatic heterocycles. The maximum Gasteiger partial charge on any atom is 0.251 e. The van der Waals surface area contributed by atoms with Gasteiger partial charge in [0.2, 0.25) is 0 Å². The third kappa shape index (κ3) is 5.09. The summed E-state index contributed by atoms with van der Waals surface area (Å²) in [5, 5.41) is 12.8. The van der Waals surface area contributed by atoms with Crippen LogP contribution in [0, 0.1) is 0 Å². The highest BCUT2D eigenvalue weighted by Gasteiger charge is 2.20. The quantitative estimate of drug-likeness (QED) is 0.835. The summed E-state index contributed by atoms with van der Waals surface area (Å²) in [7, 11) is 0. The molecule has 1 unspecified atom stereocenters. The van der Waals surface area contributed by atoms with Crippen molar-refractivity contribution in [3.8, 4) is 5.75 Å². The molecule has 3 rings (SSSR count). The number of para-hydroxylation sites is 1. The predicted octanol–water partition coefficient (Wildman–Crippen LogP) is 3.51. The molecule has 0 saturated heterocycles. The Morgan fingerprint density at radius 3 is 2.85 bits per heavy atom. The van der Waals surface area contributed by atoms with Crippen LogP contribution < -0.4 is 10.1 Å². The van der Waals surface area contributed by atoms with Crippen LogP contribution in [0.4, 0.5) is 0 Å². The summed E-state index contributed by atoms with van der Waals surface area (Å²) in [6.07, 6.45) is 3.29. The predicted molar refractivity (Wildman–Crippen MR) is 103 cm³/mol. The van der Waals surface area contributed by atoms with Gasteiger partial charge >= 0.3 is 0 Å². The van der Waals surface area contributed by atoms with E-state index in [-0.39, 0.29) is 12.0 Å². The average Bonchev–Trinajstić information content (AvgIpc) is 2.64. The van der Waals surface area contributed by atoms with Gasteiger partial charge in [-0.2, -0.15) is 0 Å². The molecule has 0 aromatic heterocycles. The minimum absolute atomic E-state index is 0.00669. The maximum atomic E-state index is 12.5. The van der Waals surface area contributed by atoms with Gasteiger partial charge in [0.15, 0.2) is 0 Å². The molecule has 2 aromatic carbocycles. The number of fused-ring (bicyclic) bond motifs is 1. The third-order valence-electron chi connectivity index (χ3n) is 4.71. The van der Waals surface area contributed by atoms with E-state index in [1.165, 1.54) is 5.56 Å². The number of hydrogen-bond donors (Lipinski definition) is 2. The molecule has 1 aliphatic rings. The van der Waals surface area contributed by atoms with Crippen molar-refractivity contribution < 1.29 is 14.6 Å². The number of benzene rings is 2. The summed E-state index contributed by atoms with van der Waals surface area (Å²) in [5.41, 5.74) is 2.24. The number of rotatable bonds is 6. The molecule has 0 spiro atoms. The number of aryl methyl sites for hydroxylation is 2. The van der Waals surface area contributed by atoms with Crippen molar-refractivity contribution in [1.29, 1.82) is 0 Å². The lowest BCUT2D eigenvalue weighted by Crippen LogP contribution is -2.37. The molecule has 0 saturated carbocycles. The van der Waals surface area contributed by atoms with E-state index in [4.69, 9.17) is 4.74 Å². The monoisotopic (exact) mass is 353 g/mol. The first kappa shape index (κ1) is 18.5. The van der Waals surface area contributed by atoms with Gasteiger partial charge in [0.05, 0.1) is 12.1 Å². The zero-order valence-corrected chi connectivity index (χ0v) is 15.5. The van der Waals surface area contributed by atoms with Gasteiger partial charge in [0, 0.05) is 5.56 Å². The highest BCUT2D eigenvalue weighted by Crippen LogP contribution is 2.26. The molecule has 0 bridgehead atoms. The van der Waals surface area contributed by atoms with E-state index in [2.05, 4.69) is 11.4 Å². The standard InChI is InChI=1S/C22H27NO3/c1-22(2,25)13-12-16-6-5-8-18(14-16)21(24)23-15-19-11-10-17-7-3-4-9-20(17)26-19/h3-9,14,19,25H,10-13,15H2,1-2H3,(H,23,24). The van der Waals surface area contributed by atoms with Crippen LogP contribution in [0.1, 0.15) is 48.2 Å². The lowest BCUT2D eigenvalue weighted by molar-refractivity contribution is 0.0714. The van der Waals surface area contributed by atoms with Gasteiger partial charge in [-0.25, -0.2) is 0 Å². The smallest absolute Gasteiger partial charge is 0.251 e. The zero-order chi connectivity index (χ0) is 18.6. The first-order valence-electron chi connectivity index (χ1n) is 9.25. The van der Waals surface area contributed by atoms with Crippen LogP contribution in [0.3, 0.4) is 0 Å². The molecule has 2 N–H and O–H groups in total. The molecule has 0 radical (unpaired) electrons. The highest BCUT2D eigenvalue weighted by molar-refractivity contribution is 5.94. The van der Waals surface area contributed by atoms with E-state index in [0.717, 1.165) is 30.6 Å². The van der Waals surface area contributed by atoms with Gasteiger partial charge < -0.3 is 15.2 Å². The second-order valence-electron chi connectivity index (χ2n) is 7.61. The zero-order valence-electron chi connectivity index (χ0n) is 15.5. The number of carbonyl (C=O) groups excluding carboxylic acids is 1. The molecule has 26 heavy (non-hydrogen) atoms. The number of ether oxygens (including phenoxy) is 1. The molecule has 1 heterocycles. The fourth-order valence-electron chi connectivity index (χ4n) is 3.15. The molecule has 4 nitrogen and oxygen atoms in total. The fourth-order valence-corrected chi connectivity index (χ4v) is 3.15. The molecule has 0 fully saturated rings. The van der Waals surface area contributed by atoms with Crippen molar-refractivity contribution in [3.05, 3.63) is 65.2 Å². The summed E-state index contributed by atoms with van der Waals surface area (Å²) < 4.78 is 5.98. The second-order valence-corrected chi connectivity index (χ2v) is 7.61. The molecular formula is C22H27NO3. The van der Waals surface area contributed by atoms with Crippen LogP contribution in [-0.2, 0) is 12.8 Å². The van der Waals surface area contributed by atoms with Gasteiger partial charge in [-0.15, -0.1) is 0 Å². The van der Waals surface area contributed by atoms with E-state index in [9.17, 15) is 9.90 Å². The highest BCUT2D eigenvalue weighted by atomic mass is 16.5. The largest absolute Gasteiger partial charge is 0.488 e. The first-order chi connectivity index (χ1) is 12.4. The van der Waals surface area contributed by atoms with E-state index < -0.39 is 5.60 Å². The molecular weight excluding hydrogens is 326 g/mol. The fraction of sp³-hybridized carbons (Fsp3) is 0.409. The number of amides is 1. The number of carbonyl (C=O) groups is 1. The molecule has 1 atom stereocenters. The van der Waals surface area contributed by atoms with Crippen molar-refractivity contribution in [1.82, 2.24) is 5.32 Å². The average molecular weight is 353 g/mol. The minimum atomic E-state index is -0.702. The SMILES string of the molecule is CC(C)(O)CCc1cccc(C(=O)NCC2CCc3ccccc3O2)c1. The summed E-state index contributed by atoms with van der Waals surface area (Å²) in [6, 6.07) is 15.7. The summed E-state index contributed by atoms with van der Waals surface area (Å²) in [4.78, 5) is 12.5. The van der Waals surface area contributed by atoms with Gasteiger partial charge in [-0.05, 0) is 68.9 Å². The Morgan fingerprint density at radius 1 is 1.23 bits per heavy atom. The topological polar surface area (TPSA) is 58.6 Å². The molecule has 4 heteroatoms. The second kappa shape index (κ2) is 7.92. The lowest BCUT2D eigenvalue weighted by Gasteiger charge is -2.26. The third-order valence-corrected chi connectivity index (χ3v) is 4.71. The minimum Gasteiger partial charge on any atom is -0.488 e. The Kier molecular flexibility index (Phi) is 5.62. The van der Waals surface area contributed by atoms with Crippen LogP contribution >= 0.6 is 0 Å². The Labute approximate surface area is 155 Å². The Hall–Kier alpha value is -2.33. The summed E-state index contributed by atoms with van der Waals surface area (Å²) >= 11 is 0. The van der Waals surface area contributed by atoms with Gasteiger partial charge in [0.25, 0.3) is 5.91 Å². The van der Waals surface area contributed by atoms with E-state index in [1.807, 2.05) is 42.5 Å². The van der Waals surface area contributed by atoms with Gasteiger partial charge in [-0.3, -0.25) is 4.79 Å². The van der Waals surface area contributed by atoms with Crippen LogP contribution in [0.25, 0.3) is 0 Å². The normalized spacial score (nSPS) is 16.5. The van der Waals surface area contributed by atoms with E-state index in [1.54, 1.807) is 13.8 Å².